The molecule has 0 radical (unpaired) electrons. The number of carboxylic acid groups (broad SMARTS) is 1. The Kier molecular flexibility index (Phi) is 33.9. The molecule has 0 saturated heterocycles. The van der Waals surface area contributed by atoms with Gasteiger partial charge in [0.05, 0.1) is 40.3 Å². The third-order valence-electron chi connectivity index (χ3n) is 9.29. The van der Waals surface area contributed by atoms with Crippen LogP contribution in [0.4, 0.5) is 0 Å². The van der Waals surface area contributed by atoms with Crippen LogP contribution in [0.2, 0.25) is 0 Å². The maximum atomic E-state index is 12.7. The first kappa shape index (κ1) is 49.6. The monoisotopic (exact) mass is 734 g/mol. The Bertz CT molecular complexity index is 953. The van der Waals surface area contributed by atoms with Crippen LogP contribution < -0.4 is 5.11 Å². The molecule has 52 heavy (non-hydrogen) atoms. The fraction of sp³-hybridized carbons (Fsp3) is 0.795. The number of quaternary nitrogens is 1. The normalized spacial score (nSPS) is 13.3. The molecule has 0 rings (SSSR count). The van der Waals surface area contributed by atoms with Gasteiger partial charge in [0.15, 0.2) is 6.10 Å². The lowest BCUT2D eigenvalue weighted by molar-refractivity contribution is -0.889. The van der Waals surface area contributed by atoms with E-state index in [0.717, 1.165) is 57.8 Å². The van der Waals surface area contributed by atoms with Gasteiger partial charge in [-0.25, -0.2) is 0 Å². The van der Waals surface area contributed by atoms with Gasteiger partial charge in [-0.2, -0.15) is 0 Å². The molecule has 0 aliphatic rings. The van der Waals surface area contributed by atoms with Gasteiger partial charge in [-0.3, -0.25) is 9.59 Å². The molecule has 2 atom stereocenters. The topological polar surface area (TPSA) is 102 Å². The standard InChI is InChI=1S/C44H79NO7/c1-6-8-10-12-14-16-17-18-19-20-21-22-23-24-25-26-27-29-31-33-35-43(47)52-40(38-50-37-36-41(44(48)49)45(3,4)5)39-51-42(46)34-32-30-28-15-13-11-9-7-2/h8,10,14,16,18-19,40-41H,6-7,9,11-13,15,17,20-39H2,1-5H3/b10-8+,16-14+,19-18+. The van der Waals surface area contributed by atoms with Gasteiger partial charge in [0.25, 0.3) is 0 Å². The summed E-state index contributed by atoms with van der Waals surface area (Å²) in [6, 6.07) is -0.723. The van der Waals surface area contributed by atoms with Gasteiger partial charge >= 0.3 is 11.9 Å². The summed E-state index contributed by atoms with van der Waals surface area (Å²) >= 11 is 0. The Labute approximate surface area is 319 Å². The average Bonchev–Trinajstić information content (AvgIpc) is 3.09. The molecule has 8 nitrogen and oxygen atoms in total. The lowest BCUT2D eigenvalue weighted by Crippen LogP contribution is -2.55. The van der Waals surface area contributed by atoms with E-state index in [1.807, 2.05) is 0 Å². The molecule has 0 bridgehead atoms. The molecule has 0 aliphatic heterocycles. The second-order valence-electron chi connectivity index (χ2n) is 15.2. The molecule has 0 N–H and O–H groups in total. The van der Waals surface area contributed by atoms with E-state index < -0.39 is 18.1 Å². The predicted molar refractivity (Wildman–Crippen MR) is 213 cm³/mol. The molecule has 0 heterocycles. The molecule has 0 spiro atoms. The van der Waals surface area contributed by atoms with E-state index in [0.29, 0.717) is 12.8 Å². The van der Waals surface area contributed by atoms with Crippen LogP contribution in [0.3, 0.4) is 0 Å². The number of rotatable bonds is 37. The summed E-state index contributed by atoms with van der Waals surface area (Å²) in [5, 5.41) is 11.6. The molecule has 8 heteroatoms. The van der Waals surface area contributed by atoms with Crippen LogP contribution in [0.1, 0.15) is 174 Å². The van der Waals surface area contributed by atoms with Crippen LogP contribution in [0.25, 0.3) is 0 Å². The smallest absolute Gasteiger partial charge is 0.306 e. The van der Waals surface area contributed by atoms with Crippen molar-refractivity contribution in [2.24, 2.45) is 0 Å². The minimum Gasteiger partial charge on any atom is -0.544 e. The summed E-state index contributed by atoms with van der Waals surface area (Å²) in [6.45, 7) is 4.52. The first-order valence-electron chi connectivity index (χ1n) is 21.0. The van der Waals surface area contributed by atoms with Crippen molar-refractivity contribution in [1.29, 1.82) is 0 Å². The van der Waals surface area contributed by atoms with Gasteiger partial charge in [-0.1, -0.05) is 147 Å². The van der Waals surface area contributed by atoms with Crippen molar-refractivity contribution in [2.45, 2.75) is 187 Å². The molecule has 0 aliphatic carbocycles. The number of ether oxygens (including phenoxy) is 3. The first-order chi connectivity index (χ1) is 25.1. The molecule has 0 aromatic carbocycles. The van der Waals surface area contributed by atoms with Crippen molar-refractivity contribution >= 4 is 17.9 Å². The molecule has 0 saturated carbocycles. The second-order valence-corrected chi connectivity index (χ2v) is 15.2. The highest BCUT2D eigenvalue weighted by atomic mass is 16.6. The minimum atomic E-state index is -1.13. The van der Waals surface area contributed by atoms with E-state index in [4.69, 9.17) is 14.2 Å². The van der Waals surface area contributed by atoms with E-state index in [2.05, 4.69) is 50.3 Å². The number of hydrogen-bond donors (Lipinski definition) is 0. The number of aliphatic carboxylic acids is 1. The van der Waals surface area contributed by atoms with Gasteiger partial charge in [-0.15, -0.1) is 0 Å². The van der Waals surface area contributed by atoms with Crippen molar-refractivity contribution in [3.8, 4) is 0 Å². The molecular formula is C44H79NO7. The fourth-order valence-corrected chi connectivity index (χ4v) is 6.03. The fourth-order valence-electron chi connectivity index (χ4n) is 6.03. The van der Waals surface area contributed by atoms with Gasteiger partial charge in [0.2, 0.25) is 0 Å². The van der Waals surface area contributed by atoms with Crippen LogP contribution in [-0.2, 0) is 28.6 Å². The average molecular weight is 734 g/mol. The molecule has 0 aromatic rings. The third-order valence-corrected chi connectivity index (χ3v) is 9.29. The zero-order valence-corrected chi connectivity index (χ0v) is 34.2. The summed E-state index contributed by atoms with van der Waals surface area (Å²) in [6.07, 6.45) is 38.9. The Morgan fingerprint density at radius 2 is 1.08 bits per heavy atom. The molecule has 302 valence electrons. The second kappa shape index (κ2) is 35.6. The van der Waals surface area contributed by atoms with E-state index in [-0.39, 0.29) is 42.7 Å². The molecule has 0 amide bonds. The van der Waals surface area contributed by atoms with Crippen molar-refractivity contribution in [3.05, 3.63) is 36.5 Å². The lowest BCUT2D eigenvalue weighted by atomic mass is 10.0. The highest BCUT2D eigenvalue weighted by Crippen LogP contribution is 2.14. The van der Waals surface area contributed by atoms with Gasteiger partial charge in [0, 0.05) is 19.3 Å². The molecule has 2 unspecified atom stereocenters. The number of likely N-dealkylation sites (N-methyl/N-ethyl adjacent to an activating group) is 1. The first-order valence-corrected chi connectivity index (χ1v) is 21.0. The van der Waals surface area contributed by atoms with Crippen molar-refractivity contribution in [3.63, 3.8) is 0 Å². The summed E-state index contributed by atoms with van der Waals surface area (Å²) in [7, 11) is 5.40. The van der Waals surface area contributed by atoms with Crippen LogP contribution in [0.5, 0.6) is 0 Å². The molecule has 0 fully saturated rings. The Balaban J connectivity index is 4.26. The SMILES string of the molecule is CC/C=C/C/C=C/C/C=C/CCCCCCCCCCCCC(=O)OC(COCCC(C(=O)[O-])[N+](C)(C)C)COC(=O)CCCCCCCCCC. The number of carboxylic acids is 1. The highest BCUT2D eigenvalue weighted by Gasteiger charge is 2.25. The number of carbonyl (C=O) groups is 3. The van der Waals surface area contributed by atoms with E-state index in [9.17, 15) is 19.5 Å². The summed E-state index contributed by atoms with van der Waals surface area (Å²) in [4.78, 5) is 36.7. The molecular weight excluding hydrogens is 654 g/mol. The Morgan fingerprint density at radius 3 is 1.60 bits per heavy atom. The number of allylic oxidation sites excluding steroid dienone is 6. The quantitative estimate of drug-likeness (QED) is 0.0271. The molecule has 0 aromatic heterocycles. The zero-order valence-electron chi connectivity index (χ0n) is 34.2. The van der Waals surface area contributed by atoms with Gasteiger partial charge in [0.1, 0.15) is 12.6 Å². The number of esters is 2. The van der Waals surface area contributed by atoms with Gasteiger partial charge < -0.3 is 28.6 Å². The summed E-state index contributed by atoms with van der Waals surface area (Å²) in [5.41, 5.74) is 0. The van der Waals surface area contributed by atoms with E-state index >= 15 is 0 Å². The van der Waals surface area contributed by atoms with Gasteiger partial charge in [-0.05, 0) is 44.9 Å². The number of carbonyl (C=O) groups excluding carboxylic acids is 3. The van der Waals surface area contributed by atoms with E-state index in [1.54, 1.807) is 21.1 Å². The minimum absolute atomic E-state index is 0.0411. The van der Waals surface area contributed by atoms with Crippen LogP contribution in [0, 0.1) is 0 Å². The van der Waals surface area contributed by atoms with Crippen molar-refractivity contribution in [1.82, 2.24) is 0 Å². The largest absolute Gasteiger partial charge is 0.544 e. The zero-order chi connectivity index (χ0) is 38.5. The number of hydrogen-bond acceptors (Lipinski definition) is 7. The lowest BCUT2D eigenvalue weighted by Gasteiger charge is -2.34. The summed E-state index contributed by atoms with van der Waals surface area (Å²) < 4.78 is 17.1. The summed E-state index contributed by atoms with van der Waals surface area (Å²) in [5.74, 6) is -1.74. The van der Waals surface area contributed by atoms with Crippen LogP contribution in [0.15, 0.2) is 36.5 Å². The predicted octanol–water partition coefficient (Wildman–Crippen LogP) is 9.74. The van der Waals surface area contributed by atoms with Crippen LogP contribution in [-0.4, -0.2) is 75.5 Å². The number of nitrogens with zero attached hydrogens (tertiary/aromatic N) is 1. The highest BCUT2D eigenvalue weighted by molar-refractivity contribution is 5.70. The maximum absolute atomic E-state index is 12.7. The Morgan fingerprint density at radius 1 is 0.596 bits per heavy atom. The van der Waals surface area contributed by atoms with E-state index in [1.165, 1.54) is 83.5 Å². The van der Waals surface area contributed by atoms with Crippen LogP contribution >= 0.6 is 0 Å². The van der Waals surface area contributed by atoms with Crippen molar-refractivity contribution < 1.29 is 38.2 Å². The Hall–Kier alpha value is -2.45. The maximum Gasteiger partial charge on any atom is 0.306 e. The third kappa shape index (κ3) is 33.4. The van der Waals surface area contributed by atoms with Crippen molar-refractivity contribution in [2.75, 3.05) is 41.0 Å². The number of unbranched alkanes of at least 4 members (excludes halogenated alkanes) is 17.